The largest absolute Gasteiger partial charge is 0.496 e. The SMILES string of the molecule is CCCC(N)c1cc(C(C)(C)C)c(OC)c(C(C)(C)C)c1. The number of hydrogen-bond acceptors (Lipinski definition) is 2. The molecule has 1 rings (SSSR count). The van der Waals surface area contributed by atoms with Crippen LogP contribution in [0.5, 0.6) is 5.75 Å². The number of rotatable bonds is 4. The van der Waals surface area contributed by atoms with E-state index in [1.54, 1.807) is 7.11 Å². The molecule has 0 aliphatic heterocycles. The average molecular weight is 291 g/mol. The minimum Gasteiger partial charge on any atom is -0.496 e. The smallest absolute Gasteiger partial charge is 0.126 e. The Balaban J connectivity index is 3.59. The van der Waals surface area contributed by atoms with Crippen molar-refractivity contribution in [2.24, 2.45) is 5.73 Å². The van der Waals surface area contributed by atoms with Crippen molar-refractivity contribution >= 4 is 0 Å². The summed E-state index contributed by atoms with van der Waals surface area (Å²) in [6.45, 7) is 15.6. The first-order chi connectivity index (χ1) is 9.52. The van der Waals surface area contributed by atoms with E-state index in [1.165, 1.54) is 16.7 Å². The van der Waals surface area contributed by atoms with Gasteiger partial charge in [-0.25, -0.2) is 0 Å². The molecule has 120 valence electrons. The molecule has 0 heterocycles. The van der Waals surface area contributed by atoms with Crippen molar-refractivity contribution in [1.29, 1.82) is 0 Å². The first-order valence-electron chi connectivity index (χ1n) is 8.00. The molecular formula is C19H33NO. The standard InChI is InChI=1S/C19H33NO/c1-9-10-16(20)13-11-14(18(2,3)4)17(21-8)15(12-13)19(5,6)7/h11-12,16H,9-10,20H2,1-8H3. The molecule has 21 heavy (non-hydrogen) atoms. The van der Waals surface area contributed by atoms with Crippen LogP contribution in [0.25, 0.3) is 0 Å². The molecule has 0 bridgehead atoms. The molecule has 2 N–H and O–H groups in total. The number of nitrogens with two attached hydrogens (primary N) is 1. The van der Waals surface area contributed by atoms with Crippen LogP contribution in [0.2, 0.25) is 0 Å². The summed E-state index contributed by atoms with van der Waals surface area (Å²) < 4.78 is 5.78. The van der Waals surface area contributed by atoms with E-state index in [0.29, 0.717) is 0 Å². The molecule has 1 atom stereocenters. The lowest BCUT2D eigenvalue weighted by atomic mass is 9.77. The molecule has 1 unspecified atom stereocenters. The fourth-order valence-corrected chi connectivity index (χ4v) is 2.68. The highest BCUT2D eigenvalue weighted by Gasteiger charge is 2.28. The normalized spacial score (nSPS) is 14.1. The summed E-state index contributed by atoms with van der Waals surface area (Å²) in [6, 6.07) is 4.59. The second-order valence-corrected chi connectivity index (χ2v) is 8.04. The predicted octanol–water partition coefficient (Wildman–Crippen LogP) is 5.09. The third-order valence-corrected chi connectivity index (χ3v) is 3.96. The minimum atomic E-state index is 0.0350. The zero-order chi connectivity index (χ0) is 16.4. The van der Waals surface area contributed by atoms with E-state index < -0.39 is 0 Å². The van der Waals surface area contributed by atoms with Crippen molar-refractivity contribution < 1.29 is 4.74 Å². The van der Waals surface area contributed by atoms with Crippen molar-refractivity contribution in [3.63, 3.8) is 0 Å². The van der Waals surface area contributed by atoms with Gasteiger partial charge >= 0.3 is 0 Å². The molecule has 2 nitrogen and oxygen atoms in total. The third kappa shape index (κ3) is 4.23. The Morgan fingerprint density at radius 1 is 1.00 bits per heavy atom. The Hall–Kier alpha value is -1.02. The van der Waals surface area contributed by atoms with E-state index in [0.717, 1.165) is 18.6 Å². The van der Waals surface area contributed by atoms with Gasteiger partial charge in [-0.1, -0.05) is 54.9 Å². The Kier molecular flexibility index (Phi) is 5.49. The van der Waals surface area contributed by atoms with Gasteiger partial charge in [0.1, 0.15) is 5.75 Å². The van der Waals surface area contributed by atoms with Crippen LogP contribution in [0.15, 0.2) is 12.1 Å². The maximum absolute atomic E-state index is 6.38. The number of benzene rings is 1. The Morgan fingerprint density at radius 2 is 1.43 bits per heavy atom. The highest BCUT2D eigenvalue weighted by Crippen LogP contribution is 2.41. The van der Waals surface area contributed by atoms with Gasteiger partial charge in [0.25, 0.3) is 0 Å². The van der Waals surface area contributed by atoms with Crippen LogP contribution in [0.3, 0.4) is 0 Å². The maximum Gasteiger partial charge on any atom is 0.126 e. The van der Waals surface area contributed by atoms with Crippen molar-refractivity contribution in [2.45, 2.75) is 78.2 Å². The monoisotopic (exact) mass is 291 g/mol. The summed E-state index contributed by atoms with van der Waals surface area (Å²) in [7, 11) is 1.77. The summed E-state index contributed by atoms with van der Waals surface area (Å²) in [5, 5.41) is 0. The van der Waals surface area contributed by atoms with Crippen LogP contribution < -0.4 is 10.5 Å². The van der Waals surface area contributed by atoms with E-state index in [-0.39, 0.29) is 16.9 Å². The lowest BCUT2D eigenvalue weighted by Crippen LogP contribution is -2.21. The molecule has 2 heteroatoms. The van der Waals surface area contributed by atoms with Gasteiger partial charge in [0.05, 0.1) is 7.11 Å². The molecule has 1 aromatic carbocycles. The van der Waals surface area contributed by atoms with Gasteiger partial charge in [-0.2, -0.15) is 0 Å². The first-order valence-corrected chi connectivity index (χ1v) is 8.00. The molecule has 0 aromatic heterocycles. The van der Waals surface area contributed by atoms with Crippen molar-refractivity contribution in [1.82, 2.24) is 0 Å². The maximum atomic E-state index is 6.38. The van der Waals surface area contributed by atoms with E-state index in [9.17, 15) is 0 Å². The first kappa shape index (κ1) is 18.0. The summed E-state index contributed by atoms with van der Waals surface area (Å²) >= 11 is 0. The van der Waals surface area contributed by atoms with Crippen molar-refractivity contribution in [3.8, 4) is 5.75 Å². The van der Waals surface area contributed by atoms with Gasteiger partial charge in [0.15, 0.2) is 0 Å². The topological polar surface area (TPSA) is 35.2 Å². The van der Waals surface area contributed by atoms with E-state index in [4.69, 9.17) is 10.5 Å². The number of ether oxygens (including phenoxy) is 1. The van der Waals surface area contributed by atoms with Crippen molar-refractivity contribution in [2.75, 3.05) is 7.11 Å². The van der Waals surface area contributed by atoms with Crippen molar-refractivity contribution in [3.05, 3.63) is 28.8 Å². The molecule has 0 aliphatic rings. The Morgan fingerprint density at radius 3 is 1.71 bits per heavy atom. The van der Waals surface area contributed by atoms with Gasteiger partial charge in [0, 0.05) is 17.2 Å². The highest BCUT2D eigenvalue weighted by molar-refractivity contribution is 5.51. The van der Waals surface area contributed by atoms with Crippen LogP contribution in [0, 0.1) is 0 Å². The lowest BCUT2D eigenvalue weighted by Gasteiger charge is -2.31. The molecular weight excluding hydrogens is 258 g/mol. The van der Waals surface area contributed by atoms with Crippen LogP contribution >= 0.6 is 0 Å². The van der Waals surface area contributed by atoms with E-state index in [2.05, 4.69) is 60.6 Å². The molecule has 0 radical (unpaired) electrons. The molecule has 0 fully saturated rings. The minimum absolute atomic E-state index is 0.0350. The van der Waals surface area contributed by atoms with Crippen LogP contribution in [0.1, 0.15) is 84.0 Å². The average Bonchev–Trinajstić information content (AvgIpc) is 2.35. The van der Waals surface area contributed by atoms with Gasteiger partial charge in [-0.05, 0) is 34.9 Å². The fourth-order valence-electron chi connectivity index (χ4n) is 2.68. The predicted molar refractivity (Wildman–Crippen MR) is 92.2 cm³/mol. The number of methoxy groups -OCH3 is 1. The summed E-state index contributed by atoms with van der Waals surface area (Å²) in [5.41, 5.74) is 10.2. The second-order valence-electron chi connectivity index (χ2n) is 8.04. The summed E-state index contributed by atoms with van der Waals surface area (Å²) in [4.78, 5) is 0. The third-order valence-electron chi connectivity index (χ3n) is 3.96. The van der Waals surface area contributed by atoms with Crippen LogP contribution in [0.4, 0.5) is 0 Å². The molecule has 1 aromatic rings. The van der Waals surface area contributed by atoms with Gasteiger partial charge in [0.2, 0.25) is 0 Å². The zero-order valence-corrected chi connectivity index (χ0v) is 15.1. The molecule has 0 saturated heterocycles. The molecule has 0 aliphatic carbocycles. The van der Waals surface area contributed by atoms with Gasteiger partial charge < -0.3 is 10.5 Å². The van der Waals surface area contributed by atoms with E-state index >= 15 is 0 Å². The number of hydrogen-bond donors (Lipinski definition) is 1. The molecule has 0 spiro atoms. The Labute approximate surface area is 131 Å². The zero-order valence-electron chi connectivity index (χ0n) is 15.1. The summed E-state index contributed by atoms with van der Waals surface area (Å²) in [6.07, 6.45) is 2.11. The molecule has 0 saturated carbocycles. The molecule has 0 amide bonds. The Bertz CT molecular complexity index is 442. The van der Waals surface area contributed by atoms with Gasteiger partial charge in [-0.15, -0.1) is 0 Å². The highest BCUT2D eigenvalue weighted by atomic mass is 16.5. The van der Waals surface area contributed by atoms with Gasteiger partial charge in [-0.3, -0.25) is 0 Å². The second kappa shape index (κ2) is 6.39. The quantitative estimate of drug-likeness (QED) is 0.838. The summed E-state index contributed by atoms with van der Waals surface area (Å²) in [5.74, 6) is 1.02. The van der Waals surface area contributed by atoms with Crippen LogP contribution in [-0.4, -0.2) is 7.11 Å². The van der Waals surface area contributed by atoms with E-state index in [1.807, 2.05) is 0 Å². The fraction of sp³-hybridized carbons (Fsp3) is 0.684. The van der Waals surface area contributed by atoms with Crippen LogP contribution in [-0.2, 0) is 10.8 Å². The lowest BCUT2D eigenvalue weighted by molar-refractivity contribution is 0.380.